The van der Waals surface area contributed by atoms with Crippen molar-refractivity contribution in [2.24, 2.45) is 16.7 Å². The normalized spacial score (nSPS) is 11.5. The molecule has 13 nitrogen and oxygen atoms in total. The number of hydrogen-bond acceptors (Lipinski definition) is 9. The third-order valence-electron chi connectivity index (χ3n) is 5.98. The zero-order valence-corrected chi connectivity index (χ0v) is 24.5. The molecule has 0 aliphatic rings. The van der Waals surface area contributed by atoms with E-state index in [9.17, 15) is 24.3 Å². The number of aliphatic hydroxyl groups excluding tert-OH is 5. The molecule has 0 aromatic heterocycles. The van der Waals surface area contributed by atoms with Gasteiger partial charge in [-0.2, -0.15) is 0 Å². The number of carboxylic acids is 4. The number of unbranched alkanes of at least 4 members (excludes halogenated alkanes) is 1. The quantitative estimate of drug-likeness (QED) is 0.141. The van der Waals surface area contributed by atoms with E-state index in [4.69, 9.17) is 40.9 Å². The Balaban J connectivity index is -0.000000473. The van der Waals surface area contributed by atoms with Gasteiger partial charge in [0, 0.05) is 23.7 Å². The van der Waals surface area contributed by atoms with Crippen molar-refractivity contribution in [2.45, 2.75) is 72.8 Å². The van der Waals surface area contributed by atoms with Gasteiger partial charge in [0.15, 0.2) is 0 Å². The van der Waals surface area contributed by atoms with Gasteiger partial charge in [0.05, 0.1) is 43.7 Å². The fourth-order valence-electron chi connectivity index (χ4n) is 2.82. The second-order valence-corrected chi connectivity index (χ2v) is 10.3. The van der Waals surface area contributed by atoms with Gasteiger partial charge >= 0.3 is 23.9 Å². The Bertz CT molecular complexity index is 830. The SMILES string of the molecule is CC(C)C(O)C(C)(C)CO.CCC(CO)(CO)CO.O=C(O)CCCCC(=O)O.O=C(O)c1cccc(C(=O)O)c1. The van der Waals surface area contributed by atoms with Crippen LogP contribution in [0.5, 0.6) is 0 Å². The molecule has 41 heavy (non-hydrogen) atoms. The standard InChI is InChI=1S/C8H6O4.C8H18O2.C6H10O4.C6H14O3/c9-7(10)5-2-1-3-6(4-5)8(11)12;1-6(2)7(10)8(3,4)5-9;7-5(8)3-1-2-4-6(9)10;1-2-6(3-7,4-8)5-9/h1-4H,(H,9,10)(H,11,12);6-7,9-10H,5H2,1-4H3;1-4H2,(H,7,8)(H,9,10);7-9H,2-5H2,1H3. The predicted molar refractivity (Wildman–Crippen MR) is 150 cm³/mol. The van der Waals surface area contributed by atoms with Gasteiger partial charge in [-0.1, -0.05) is 40.7 Å². The number of aromatic carboxylic acids is 2. The number of aliphatic carboxylic acids is 2. The first kappa shape index (κ1) is 42.4. The van der Waals surface area contributed by atoms with Crippen LogP contribution in [0, 0.1) is 16.7 Å². The van der Waals surface area contributed by atoms with E-state index in [-0.39, 0.29) is 61.7 Å². The van der Waals surface area contributed by atoms with Crippen LogP contribution in [0.15, 0.2) is 24.3 Å². The van der Waals surface area contributed by atoms with Crippen LogP contribution in [0.25, 0.3) is 0 Å². The minimum atomic E-state index is -1.13. The fraction of sp³-hybridized carbons (Fsp3) is 0.643. The Labute approximate surface area is 240 Å². The minimum absolute atomic E-state index is 0.0186. The van der Waals surface area contributed by atoms with E-state index in [1.54, 1.807) is 0 Å². The largest absolute Gasteiger partial charge is 0.481 e. The lowest BCUT2D eigenvalue weighted by molar-refractivity contribution is -0.139. The topological polar surface area (TPSA) is 250 Å². The molecule has 1 atom stereocenters. The van der Waals surface area contributed by atoms with E-state index in [2.05, 4.69) is 0 Å². The summed E-state index contributed by atoms with van der Waals surface area (Å²) in [5.41, 5.74) is -1.07. The number of aliphatic hydroxyl groups is 5. The van der Waals surface area contributed by atoms with Crippen LogP contribution in [0.2, 0.25) is 0 Å². The number of hydrogen-bond donors (Lipinski definition) is 9. The molecule has 1 rings (SSSR count). The molecule has 0 aliphatic heterocycles. The summed E-state index contributed by atoms with van der Waals surface area (Å²) in [4.78, 5) is 40.6. The maximum absolute atomic E-state index is 10.4. The molecule has 1 unspecified atom stereocenters. The molecule has 0 saturated carbocycles. The Morgan fingerprint density at radius 2 is 1.10 bits per heavy atom. The highest BCUT2D eigenvalue weighted by atomic mass is 16.4. The molecule has 9 N–H and O–H groups in total. The van der Waals surface area contributed by atoms with E-state index >= 15 is 0 Å². The van der Waals surface area contributed by atoms with Gasteiger partial charge in [0.25, 0.3) is 0 Å². The number of rotatable bonds is 14. The van der Waals surface area contributed by atoms with Crippen LogP contribution < -0.4 is 0 Å². The van der Waals surface area contributed by atoms with Crippen molar-refractivity contribution >= 4 is 23.9 Å². The highest BCUT2D eigenvalue weighted by Crippen LogP contribution is 2.24. The summed E-state index contributed by atoms with van der Waals surface area (Å²) in [6.07, 6.45) is 1.19. The highest BCUT2D eigenvalue weighted by Gasteiger charge is 2.29. The Morgan fingerprint density at radius 1 is 0.732 bits per heavy atom. The summed E-state index contributed by atoms with van der Waals surface area (Å²) in [6.45, 7) is 9.00. The maximum atomic E-state index is 10.4. The lowest BCUT2D eigenvalue weighted by Gasteiger charge is -2.30. The first-order valence-electron chi connectivity index (χ1n) is 13.0. The second-order valence-electron chi connectivity index (χ2n) is 10.3. The summed E-state index contributed by atoms with van der Waals surface area (Å²) >= 11 is 0. The van der Waals surface area contributed by atoms with E-state index in [0.29, 0.717) is 19.3 Å². The van der Waals surface area contributed by atoms with Crippen LogP contribution >= 0.6 is 0 Å². The lowest BCUT2D eigenvalue weighted by atomic mass is 9.82. The van der Waals surface area contributed by atoms with Crippen LogP contribution in [0.4, 0.5) is 0 Å². The lowest BCUT2D eigenvalue weighted by Crippen LogP contribution is -2.36. The van der Waals surface area contributed by atoms with Gasteiger partial charge in [0.2, 0.25) is 0 Å². The molecule has 0 amide bonds. The summed E-state index contributed by atoms with van der Waals surface area (Å²) in [7, 11) is 0. The molecular formula is C28H48O13. The van der Waals surface area contributed by atoms with Crippen molar-refractivity contribution in [3.05, 3.63) is 35.4 Å². The number of carboxylic acid groups (broad SMARTS) is 4. The molecule has 0 saturated heterocycles. The second kappa shape index (κ2) is 22.6. The molecule has 0 radical (unpaired) electrons. The Kier molecular flexibility index (Phi) is 23.3. The molecule has 0 bridgehead atoms. The third-order valence-corrected chi connectivity index (χ3v) is 5.98. The summed E-state index contributed by atoms with van der Waals surface area (Å²) in [5, 5.41) is 77.6. The van der Waals surface area contributed by atoms with Gasteiger partial charge in [0.1, 0.15) is 0 Å². The zero-order valence-electron chi connectivity index (χ0n) is 24.5. The first-order chi connectivity index (χ1) is 18.9. The van der Waals surface area contributed by atoms with Gasteiger partial charge in [-0.15, -0.1) is 0 Å². The van der Waals surface area contributed by atoms with Crippen LogP contribution in [-0.2, 0) is 9.59 Å². The zero-order chi connectivity index (χ0) is 32.8. The van der Waals surface area contributed by atoms with Crippen molar-refractivity contribution in [2.75, 3.05) is 26.4 Å². The summed E-state index contributed by atoms with van der Waals surface area (Å²) in [6, 6.07) is 5.20. The van der Waals surface area contributed by atoms with Crippen molar-refractivity contribution in [3.63, 3.8) is 0 Å². The Hall–Kier alpha value is -3.10. The average molecular weight is 593 g/mol. The van der Waals surface area contributed by atoms with Gasteiger partial charge < -0.3 is 46.0 Å². The van der Waals surface area contributed by atoms with Gasteiger partial charge in [-0.3, -0.25) is 9.59 Å². The van der Waals surface area contributed by atoms with Crippen molar-refractivity contribution in [1.82, 2.24) is 0 Å². The minimum Gasteiger partial charge on any atom is -0.481 e. The van der Waals surface area contributed by atoms with Crippen LogP contribution in [0.1, 0.15) is 87.4 Å². The van der Waals surface area contributed by atoms with E-state index in [0.717, 1.165) is 6.07 Å². The number of benzene rings is 1. The van der Waals surface area contributed by atoms with Crippen molar-refractivity contribution in [3.8, 4) is 0 Å². The molecule has 0 aliphatic carbocycles. The first-order valence-corrected chi connectivity index (χ1v) is 13.0. The molecule has 0 fully saturated rings. The molecular weight excluding hydrogens is 544 g/mol. The van der Waals surface area contributed by atoms with Gasteiger partial charge in [-0.05, 0) is 43.4 Å². The van der Waals surface area contributed by atoms with E-state index < -0.39 is 35.4 Å². The number of carbonyl (C=O) groups is 4. The predicted octanol–water partition coefficient (Wildman–Crippen LogP) is 2.18. The smallest absolute Gasteiger partial charge is 0.335 e. The molecule has 238 valence electrons. The van der Waals surface area contributed by atoms with E-state index in [1.807, 2.05) is 34.6 Å². The monoisotopic (exact) mass is 592 g/mol. The molecule has 0 heterocycles. The van der Waals surface area contributed by atoms with E-state index in [1.165, 1.54) is 18.2 Å². The molecule has 0 spiro atoms. The molecule has 1 aromatic carbocycles. The average Bonchev–Trinajstić information content (AvgIpc) is 2.93. The maximum Gasteiger partial charge on any atom is 0.335 e. The molecule has 13 heteroatoms. The fourth-order valence-corrected chi connectivity index (χ4v) is 2.82. The summed E-state index contributed by atoms with van der Waals surface area (Å²) < 4.78 is 0. The van der Waals surface area contributed by atoms with Crippen LogP contribution in [-0.4, -0.2) is 102 Å². The Morgan fingerprint density at radius 3 is 1.27 bits per heavy atom. The molecule has 1 aromatic rings. The highest BCUT2D eigenvalue weighted by molar-refractivity contribution is 5.93. The van der Waals surface area contributed by atoms with Crippen molar-refractivity contribution < 1.29 is 65.1 Å². The summed E-state index contributed by atoms with van der Waals surface area (Å²) in [5.74, 6) is -3.78. The van der Waals surface area contributed by atoms with Crippen LogP contribution in [0.3, 0.4) is 0 Å². The van der Waals surface area contributed by atoms with Crippen molar-refractivity contribution in [1.29, 1.82) is 0 Å². The van der Waals surface area contributed by atoms with Gasteiger partial charge in [-0.25, -0.2) is 9.59 Å². The third kappa shape index (κ3) is 20.4.